The lowest BCUT2D eigenvalue weighted by molar-refractivity contribution is -0.138. The van der Waals surface area contributed by atoms with E-state index in [9.17, 15) is 19.2 Å². The van der Waals surface area contributed by atoms with Crippen LogP contribution in [0, 0.1) is 11.3 Å². The minimum Gasteiger partial charge on any atom is -0.384 e. The summed E-state index contributed by atoms with van der Waals surface area (Å²) >= 11 is 0. The van der Waals surface area contributed by atoms with E-state index in [1.807, 2.05) is 30.3 Å². The van der Waals surface area contributed by atoms with Crippen molar-refractivity contribution in [1.29, 1.82) is 5.41 Å². The smallest absolute Gasteiger partial charge is 0.245 e. The van der Waals surface area contributed by atoms with Gasteiger partial charge in [-0.3, -0.25) is 29.6 Å². The van der Waals surface area contributed by atoms with E-state index in [1.54, 1.807) is 24.3 Å². The summed E-state index contributed by atoms with van der Waals surface area (Å²) in [6.45, 7) is 0.128. The molecule has 1 unspecified atom stereocenters. The average molecular weight is 582 g/mol. The van der Waals surface area contributed by atoms with Crippen molar-refractivity contribution >= 4 is 35.4 Å². The van der Waals surface area contributed by atoms with Crippen LogP contribution < -0.4 is 38.9 Å². The number of benzene rings is 2. The molecule has 14 nitrogen and oxygen atoms in total. The minimum absolute atomic E-state index is 0.0115. The second-order valence-corrected chi connectivity index (χ2v) is 9.46. The van der Waals surface area contributed by atoms with Crippen molar-refractivity contribution in [2.45, 2.75) is 38.0 Å². The normalized spacial score (nSPS) is 12.7. The lowest BCUT2D eigenvalue weighted by Crippen LogP contribution is -2.56. The van der Waals surface area contributed by atoms with Crippen LogP contribution in [-0.4, -0.2) is 67.7 Å². The van der Waals surface area contributed by atoms with Gasteiger partial charge in [0.1, 0.15) is 23.8 Å². The van der Waals surface area contributed by atoms with Gasteiger partial charge in [0.15, 0.2) is 5.96 Å². The fourth-order valence-corrected chi connectivity index (χ4v) is 3.92. The maximum absolute atomic E-state index is 13.4. The lowest BCUT2D eigenvalue weighted by Gasteiger charge is -2.24. The Morgan fingerprint density at radius 1 is 0.857 bits per heavy atom. The number of nitrogens with zero attached hydrogens (tertiary/aromatic N) is 1. The van der Waals surface area contributed by atoms with Crippen molar-refractivity contribution in [3.05, 3.63) is 71.3 Å². The number of nitrogen functional groups attached to an aromatic ring is 1. The van der Waals surface area contributed by atoms with E-state index in [-0.39, 0.29) is 44.4 Å². The fraction of sp³-hybridized carbons (Fsp3) is 0.357. The Labute approximate surface area is 244 Å². The molecule has 3 atom stereocenters. The monoisotopic (exact) mass is 581 g/mol. The highest BCUT2D eigenvalue weighted by molar-refractivity contribution is 6.02. The van der Waals surface area contributed by atoms with E-state index < -0.39 is 41.6 Å². The van der Waals surface area contributed by atoms with Crippen LogP contribution in [0.15, 0.2) is 59.6 Å². The number of amidine groups is 1. The van der Waals surface area contributed by atoms with Gasteiger partial charge in [-0.15, -0.1) is 0 Å². The van der Waals surface area contributed by atoms with Gasteiger partial charge in [0.25, 0.3) is 0 Å². The van der Waals surface area contributed by atoms with Crippen LogP contribution >= 0.6 is 0 Å². The number of aliphatic imine (C=N–C) groups is 1. The summed E-state index contributed by atoms with van der Waals surface area (Å²) in [6.07, 6.45) is 0.520. The van der Waals surface area contributed by atoms with Crippen molar-refractivity contribution in [3.8, 4) is 0 Å². The Morgan fingerprint density at radius 2 is 1.50 bits per heavy atom. The highest BCUT2D eigenvalue weighted by Crippen LogP contribution is 2.12. The third-order valence-electron chi connectivity index (χ3n) is 6.22. The van der Waals surface area contributed by atoms with Crippen molar-refractivity contribution in [3.63, 3.8) is 0 Å². The van der Waals surface area contributed by atoms with Crippen molar-refractivity contribution in [2.24, 2.45) is 33.8 Å². The highest BCUT2D eigenvalue weighted by atomic mass is 16.5. The molecule has 2 aromatic rings. The Kier molecular flexibility index (Phi) is 13.4. The van der Waals surface area contributed by atoms with Crippen molar-refractivity contribution in [1.82, 2.24) is 16.0 Å². The van der Waals surface area contributed by atoms with Gasteiger partial charge < -0.3 is 43.6 Å². The zero-order valence-electron chi connectivity index (χ0n) is 23.5. The van der Waals surface area contributed by atoms with Crippen molar-refractivity contribution < 1.29 is 23.9 Å². The summed E-state index contributed by atoms with van der Waals surface area (Å²) in [7, 11) is 1.40. The second-order valence-electron chi connectivity index (χ2n) is 9.46. The van der Waals surface area contributed by atoms with Gasteiger partial charge in [-0.25, -0.2) is 0 Å². The van der Waals surface area contributed by atoms with Gasteiger partial charge in [-0.05, 0) is 30.4 Å². The predicted molar refractivity (Wildman–Crippen MR) is 158 cm³/mol. The molecular formula is C28H39N9O5. The SMILES string of the molecule is CNC(=O)C(Cc1ccc(C(=N)N)cc1)C(=O)N[C@@H](COCc1ccccc1)C(=O)N[C@@H](CCCN=C(N)N)C(N)=O. The van der Waals surface area contributed by atoms with Gasteiger partial charge >= 0.3 is 0 Å². The molecule has 0 bridgehead atoms. The number of hydrogen-bond donors (Lipinski definition) is 8. The largest absolute Gasteiger partial charge is 0.384 e. The van der Waals surface area contributed by atoms with Crippen LogP contribution in [0.5, 0.6) is 0 Å². The number of ether oxygens (including phenoxy) is 1. The van der Waals surface area contributed by atoms with E-state index in [1.165, 1.54) is 7.05 Å². The van der Waals surface area contributed by atoms with Gasteiger partial charge in [-0.2, -0.15) is 0 Å². The highest BCUT2D eigenvalue weighted by Gasteiger charge is 2.31. The first-order valence-corrected chi connectivity index (χ1v) is 13.2. The van der Waals surface area contributed by atoms with E-state index in [0.717, 1.165) is 5.56 Å². The number of carbonyl (C=O) groups excluding carboxylic acids is 4. The minimum atomic E-state index is -1.26. The Balaban J connectivity index is 2.20. The van der Waals surface area contributed by atoms with Crippen LogP contribution in [0.25, 0.3) is 0 Å². The predicted octanol–water partition coefficient (Wildman–Crippen LogP) is -1.40. The Morgan fingerprint density at radius 3 is 2.07 bits per heavy atom. The number of nitrogens with one attached hydrogen (secondary N) is 4. The maximum atomic E-state index is 13.4. The first-order chi connectivity index (χ1) is 20.0. The molecular weight excluding hydrogens is 542 g/mol. The number of hydrogen-bond acceptors (Lipinski definition) is 7. The molecule has 0 spiro atoms. The molecule has 226 valence electrons. The number of carbonyl (C=O) groups is 4. The molecule has 0 aromatic heterocycles. The zero-order chi connectivity index (χ0) is 31.1. The third kappa shape index (κ3) is 11.3. The summed E-state index contributed by atoms with van der Waals surface area (Å²) in [6, 6.07) is 13.4. The second kappa shape index (κ2) is 17.0. The number of nitrogens with two attached hydrogens (primary N) is 4. The number of guanidine groups is 1. The van der Waals surface area contributed by atoms with E-state index in [0.29, 0.717) is 17.5 Å². The molecule has 0 fully saturated rings. The molecule has 0 saturated heterocycles. The molecule has 42 heavy (non-hydrogen) atoms. The third-order valence-corrected chi connectivity index (χ3v) is 6.22. The molecule has 2 rings (SSSR count). The summed E-state index contributed by atoms with van der Waals surface area (Å²) < 4.78 is 5.72. The first kappa shape index (κ1) is 33.2. The quantitative estimate of drug-likeness (QED) is 0.0476. The Bertz CT molecular complexity index is 1250. The molecule has 0 aliphatic heterocycles. The van der Waals surface area contributed by atoms with E-state index >= 15 is 0 Å². The van der Waals surface area contributed by atoms with Gasteiger partial charge in [0.05, 0.1) is 13.2 Å². The number of rotatable bonds is 17. The summed E-state index contributed by atoms with van der Waals surface area (Å²) in [5, 5.41) is 15.2. The topological polar surface area (TPSA) is 254 Å². The molecule has 4 amide bonds. The molecule has 0 aliphatic carbocycles. The Hall–Kier alpha value is -4.98. The van der Waals surface area contributed by atoms with Crippen LogP contribution in [0.4, 0.5) is 0 Å². The first-order valence-electron chi connectivity index (χ1n) is 13.2. The summed E-state index contributed by atoms with van der Waals surface area (Å²) in [4.78, 5) is 55.2. The van der Waals surface area contributed by atoms with Gasteiger partial charge in [-0.1, -0.05) is 54.6 Å². The number of primary amides is 1. The maximum Gasteiger partial charge on any atom is 0.245 e. The molecule has 14 heteroatoms. The zero-order valence-corrected chi connectivity index (χ0v) is 23.5. The van der Waals surface area contributed by atoms with Crippen molar-refractivity contribution in [2.75, 3.05) is 20.2 Å². The summed E-state index contributed by atoms with van der Waals surface area (Å²) in [5.41, 5.74) is 23.6. The van der Waals surface area contributed by atoms with E-state index in [2.05, 4.69) is 20.9 Å². The standard InChI is InChI=1S/C28H39N9O5/c1-34-25(39)20(14-17-9-11-19(12-10-17)23(29)30)26(40)37-22(16-42-15-18-6-3-2-4-7-18)27(41)36-21(24(31)38)8-5-13-35-28(32)33/h2-4,6-7,9-12,20-22H,5,8,13-16H2,1H3,(H3,29,30)(H2,31,38)(H,34,39)(H,36,41)(H,37,40)(H4,32,33,35)/t20?,21-,22-/m0/s1. The van der Waals surface area contributed by atoms with Crippen LogP contribution in [0.1, 0.15) is 29.5 Å². The number of amides is 4. The fourth-order valence-electron chi connectivity index (χ4n) is 3.92. The molecule has 0 radical (unpaired) electrons. The molecule has 12 N–H and O–H groups in total. The van der Waals surface area contributed by atoms with Gasteiger partial charge in [0.2, 0.25) is 23.6 Å². The average Bonchev–Trinajstić information content (AvgIpc) is 2.96. The molecule has 0 saturated carbocycles. The summed E-state index contributed by atoms with van der Waals surface area (Å²) in [5.74, 6) is -4.21. The van der Waals surface area contributed by atoms with Crippen LogP contribution in [0.3, 0.4) is 0 Å². The van der Waals surface area contributed by atoms with Gasteiger partial charge in [0, 0.05) is 19.2 Å². The van der Waals surface area contributed by atoms with Crippen LogP contribution in [-0.2, 0) is 36.9 Å². The lowest BCUT2D eigenvalue weighted by atomic mass is 9.96. The molecule has 2 aromatic carbocycles. The molecule has 0 aliphatic rings. The van der Waals surface area contributed by atoms with E-state index in [4.69, 9.17) is 33.1 Å². The molecule has 0 heterocycles. The van der Waals surface area contributed by atoms with Crippen LogP contribution in [0.2, 0.25) is 0 Å².